The Morgan fingerprint density at radius 2 is 0.714 bits per heavy atom. The quantitative estimate of drug-likeness (QED) is 0.0199. The second-order valence-electron chi connectivity index (χ2n) is 25.6. The molecule has 3 fully saturated rings. The topological polar surface area (TPSA) is 307 Å². The molecule has 0 radical (unpaired) electrons. The molecule has 3 rings (SSSR count). The molecule has 17 atom stereocenters. The standard InChI is InChI=1S/C79H129NO18/c1-3-5-7-9-11-13-15-17-19-21-22-23-24-25-26-27-28-29-30-31-32-33-34-35-36-37-38-39-40-41-43-45-47-49-51-53-55-57-67(85)80-62(63(84)56-54-52-50-48-46-44-42-20-18-16-14-12-10-8-6-4-2)61-93-77-73(91)70(88)75(65(59-82)95-77)98-79-74(92)71(89)76(66(60-83)96-79)97-78-72(90)69(87)68(86)64(58-81)94-78/h5,7,11,13,17-20,22-23,25-26,28-29,31-32,34-35,37-38,46,48,54,56,62-66,68-79,81-84,86-92H,3-4,6,8-10,12,14-16,21,24,27,30,33,36,39-45,47,49-53,55,57-61H2,1-2H3,(H,80,85)/b7-5-,13-11-,19-17-,20-18+,23-22-,26-25-,29-28-,32-31-,35-34-,38-37-,48-46+,56-54+. The lowest BCUT2D eigenvalue weighted by Crippen LogP contribution is -2.66. The van der Waals surface area contributed by atoms with E-state index in [9.17, 15) is 61.0 Å². The summed E-state index contributed by atoms with van der Waals surface area (Å²) in [5, 5.41) is 121. The maximum absolute atomic E-state index is 13.4. The monoisotopic (exact) mass is 1380 g/mol. The number of aliphatic hydroxyl groups excluding tert-OH is 11. The maximum Gasteiger partial charge on any atom is 0.220 e. The third-order valence-corrected chi connectivity index (χ3v) is 17.3. The Kier molecular flexibility index (Phi) is 52.2. The molecule has 3 saturated heterocycles. The lowest BCUT2D eigenvalue weighted by Gasteiger charge is -2.48. The van der Waals surface area contributed by atoms with E-state index in [2.05, 4.69) is 153 Å². The maximum atomic E-state index is 13.4. The van der Waals surface area contributed by atoms with Crippen LogP contribution in [0.1, 0.15) is 213 Å². The highest BCUT2D eigenvalue weighted by Gasteiger charge is 2.53. The minimum Gasteiger partial charge on any atom is -0.394 e. The molecule has 19 nitrogen and oxygen atoms in total. The fourth-order valence-electron chi connectivity index (χ4n) is 11.4. The molecule has 1 amide bonds. The van der Waals surface area contributed by atoms with E-state index in [0.717, 1.165) is 116 Å². The van der Waals surface area contributed by atoms with Crippen molar-refractivity contribution in [3.63, 3.8) is 0 Å². The molecule has 0 aromatic carbocycles. The van der Waals surface area contributed by atoms with Gasteiger partial charge in [-0.05, 0) is 116 Å². The number of amides is 1. The van der Waals surface area contributed by atoms with E-state index >= 15 is 0 Å². The first-order valence-electron chi connectivity index (χ1n) is 37.1. The van der Waals surface area contributed by atoms with Gasteiger partial charge in [-0.1, -0.05) is 237 Å². The molecule has 558 valence electrons. The summed E-state index contributed by atoms with van der Waals surface area (Å²) >= 11 is 0. The van der Waals surface area contributed by atoms with Crippen molar-refractivity contribution in [2.45, 2.75) is 317 Å². The van der Waals surface area contributed by atoms with Gasteiger partial charge in [0.1, 0.15) is 73.2 Å². The van der Waals surface area contributed by atoms with Crippen molar-refractivity contribution in [1.29, 1.82) is 0 Å². The van der Waals surface area contributed by atoms with Crippen LogP contribution in [0.4, 0.5) is 0 Å². The zero-order valence-corrected chi connectivity index (χ0v) is 59.2. The van der Waals surface area contributed by atoms with E-state index in [0.29, 0.717) is 12.8 Å². The van der Waals surface area contributed by atoms with Crippen molar-refractivity contribution in [2.24, 2.45) is 0 Å². The molecule has 3 aliphatic rings. The summed E-state index contributed by atoms with van der Waals surface area (Å²) < 4.78 is 34.3. The predicted molar refractivity (Wildman–Crippen MR) is 387 cm³/mol. The van der Waals surface area contributed by atoms with Crippen LogP contribution >= 0.6 is 0 Å². The van der Waals surface area contributed by atoms with E-state index < -0.39 is 124 Å². The van der Waals surface area contributed by atoms with Crippen molar-refractivity contribution < 1.29 is 89.4 Å². The molecule has 0 aliphatic carbocycles. The summed E-state index contributed by atoms with van der Waals surface area (Å²) in [5.74, 6) is -0.303. The van der Waals surface area contributed by atoms with Crippen molar-refractivity contribution in [2.75, 3.05) is 26.4 Å². The number of carbonyl (C=O) groups excluding carboxylic acids is 1. The highest BCUT2D eigenvalue weighted by Crippen LogP contribution is 2.33. The summed E-state index contributed by atoms with van der Waals surface area (Å²) in [5.41, 5.74) is 0. The first-order valence-corrected chi connectivity index (χ1v) is 37.1. The predicted octanol–water partition coefficient (Wildman–Crippen LogP) is 11.1. The second-order valence-corrected chi connectivity index (χ2v) is 25.6. The molecule has 98 heavy (non-hydrogen) atoms. The summed E-state index contributed by atoms with van der Waals surface area (Å²) in [6.45, 7) is 1.55. The fourth-order valence-corrected chi connectivity index (χ4v) is 11.4. The molecular formula is C79H129NO18. The minimum absolute atomic E-state index is 0.215. The number of unbranched alkanes of at least 4 members (excludes halogenated alkanes) is 17. The van der Waals surface area contributed by atoms with Crippen LogP contribution in [0.25, 0.3) is 0 Å². The van der Waals surface area contributed by atoms with Gasteiger partial charge in [0.15, 0.2) is 18.9 Å². The van der Waals surface area contributed by atoms with Crippen LogP contribution in [-0.2, 0) is 33.2 Å². The minimum atomic E-state index is -1.99. The molecule has 12 N–H and O–H groups in total. The van der Waals surface area contributed by atoms with E-state index in [1.165, 1.54) is 64.2 Å². The van der Waals surface area contributed by atoms with Gasteiger partial charge in [0, 0.05) is 6.42 Å². The van der Waals surface area contributed by atoms with E-state index in [-0.39, 0.29) is 18.9 Å². The average molecular weight is 1380 g/mol. The number of nitrogens with one attached hydrogen (secondary N) is 1. The average Bonchev–Trinajstić information content (AvgIpc) is 0.784. The highest BCUT2D eigenvalue weighted by atomic mass is 16.8. The fraction of sp³-hybridized carbons (Fsp3) is 0.684. The number of carbonyl (C=O) groups is 1. The Labute approximate surface area is 587 Å². The van der Waals surface area contributed by atoms with Crippen LogP contribution in [0, 0.1) is 0 Å². The molecule has 0 bridgehead atoms. The van der Waals surface area contributed by atoms with Crippen LogP contribution in [0.15, 0.2) is 146 Å². The van der Waals surface area contributed by atoms with Gasteiger partial charge in [0.2, 0.25) is 5.91 Å². The molecule has 19 heteroatoms. The number of hydrogen-bond acceptors (Lipinski definition) is 18. The smallest absolute Gasteiger partial charge is 0.220 e. The van der Waals surface area contributed by atoms with Crippen LogP contribution in [0.2, 0.25) is 0 Å². The van der Waals surface area contributed by atoms with E-state index in [1.54, 1.807) is 6.08 Å². The normalized spacial score (nSPS) is 27.6. The van der Waals surface area contributed by atoms with Gasteiger partial charge in [-0.2, -0.15) is 0 Å². The largest absolute Gasteiger partial charge is 0.394 e. The van der Waals surface area contributed by atoms with Crippen molar-refractivity contribution in [1.82, 2.24) is 5.32 Å². The molecule has 0 aromatic heterocycles. The van der Waals surface area contributed by atoms with Crippen LogP contribution in [0.5, 0.6) is 0 Å². The highest BCUT2D eigenvalue weighted by molar-refractivity contribution is 5.76. The Hall–Kier alpha value is -4.33. The molecule has 3 heterocycles. The summed E-state index contributed by atoms with van der Waals surface area (Å²) in [7, 11) is 0. The lowest BCUT2D eigenvalue weighted by molar-refractivity contribution is -0.379. The zero-order chi connectivity index (χ0) is 71.1. The third-order valence-electron chi connectivity index (χ3n) is 17.3. The van der Waals surface area contributed by atoms with Gasteiger partial charge in [-0.15, -0.1) is 0 Å². The van der Waals surface area contributed by atoms with Gasteiger partial charge in [-0.25, -0.2) is 0 Å². The molecule has 0 saturated carbocycles. The molecule has 0 spiro atoms. The second kappa shape index (κ2) is 58.2. The van der Waals surface area contributed by atoms with E-state index in [4.69, 9.17) is 28.4 Å². The number of allylic oxidation sites excluding steroid dienone is 23. The van der Waals surface area contributed by atoms with Gasteiger partial charge in [0.25, 0.3) is 0 Å². The van der Waals surface area contributed by atoms with Gasteiger partial charge >= 0.3 is 0 Å². The molecule has 3 aliphatic heterocycles. The van der Waals surface area contributed by atoms with Gasteiger partial charge in [0.05, 0.1) is 38.6 Å². The van der Waals surface area contributed by atoms with E-state index in [1.807, 2.05) is 6.08 Å². The van der Waals surface area contributed by atoms with Crippen LogP contribution < -0.4 is 5.32 Å². The molecule has 17 unspecified atom stereocenters. The number of ether oxygens (including phenoxy) is 6. The third kappa shape index (κ3) is 38.6. The Bertz CT molecular complexity index is 2340. The Morgan fingerprint density at radius 3 is 1.14 bits per heavy atom. The zero-order valence-electron chi connectivity index (χ0n) is 59.2. The Morgan fingerprint density at radius 1 is 0.378 bits per heavy atom. The van der Waals surface area contributed by atoms with Gasteiger partial charge < -0.3 is 89.9 Å². The van der Waals surface area contributed by atoms with Crippen LogP contribution in [0.3, 0.4) is 0 Å². The van der Waals surface area contributed by atoms with Gasteiger partial charge in [-0.3, -0.25) is 4.79 Å². The van der Waals surface area contributed by atoms with Crippen molar-refractivity contribution in [3.8, 4) is 0 Å². The number of hydrogen-bond donors (Lipinski definition) is 12. The molecule has 0 aromatic rings. The first-order chi connectivity index (χ1) is 47.8. The number of aliphatic hydroxyl groups is 11. The molecular weight excluding hydrogens is 1250 g/mol. The Balaban J connectivity index is 1.38. The first kappa shape index (κ1) is 87.9. The summed E-state index contributed by atoms with van der Waals surface area (Å²) in [4.78, 5) is 13.4. The SMILES string of the molecule is CC/C=C\C/C=C\C/C=C\C/C=C\C/C=C\C/C=C\C/C=C\C/C=C\C/C=C\CCCCCCCCCCCC(=O)NC(COC1OC(CO)C(OC2OC(CO)C(OC3OC(CO)C(O)C(O)C3O)C(O)C2O)C(O)C1O)C(O)/C=C/CC/C=C/CC/C=C/CCCCCCCC. The summed E-state index contributed by atoms with van der Waals surface area (Å²) in [6.07, 6.45) is 56.8. The lowest BCUT2D eigenvalue weighted by atomic mass is 9.96. The summed E-state index contributed by atoms with van der Waals surface area (Å²) in [6, 6.07) is -1.01. The van der Waals surface area contributed by atoms with Crippen LogP contribution in [-0.4, -0.2) is 193 Å². The van der Waals surface area contributed by atoms with Crippen molar-refractivity contribution >= 4 is 5.91 Å². The van der Waals surface area contributed by atoms with Crippen molar-refractivity contribution in [3.05, 3.63) is 146 Å². The number of rotatable bonds is 55.